The molecule has 0 aliphatic carbocycles. The Balaban J connectivity index is 1.72. The molecular formula is C113H200N5. The monoisotopic (exact) mass is 1630 g/mol. The van der Waals surface area contributed by atoms with Crippen molar-refractivity contribution in [1.29, 1.82) is 0 Å². The summed E-state index contributed by atoms with van der Waals surface area (Å²) >= 11 is 0. The Labute approximate surface area is 737 Å². The number of hydrogen-bond donors (Lipinski definition) is 2. The van der Waals surface area contributed by atoms with E-state index in [4.69, 9.17) is 15.0 Å². The van der Waals surface area contributed by atoms with Crippen molar-refractivity contribution in [2.24, 2.45) is 0 Å². The SMILES string of the molecule is [CH2]Cc1ccc(-c2nc(Nc3cc(CCCCCCCCCCCCCCC)c(CCCCCCCCCCCCCCC)c(CCCCCCCCCCCCCCC)c3)nc(Nc3cc(CCCCCCCCCCCCCCC)c(CCCCCCCCCCCCCCC)c(CCCCCCCCCCCCCCC)c3)n2)cc1. The van der Waals surface area contributed by atoms with E-state index in [9.17, 15) is 0 Å². The average molecular weight is 1630 g/mol. The predicted octanol–water partition coefficient (Wildman–Crippen LogP) is 39.2. The highest BCUT2D eigenvalue weighted by atomic mass is 15.2. The van der Waals surface area contributed by atoms with Crippen molar-refractivity contribution in [2.75, 3.05) is 10.6 Å². The van der Waals surface area contributed by atoms with E-state index in [0.717, 1.165) is 49.0 Å². The van der Waals surface area contributed by atoms with Crippen LogP contribution in [0.15, 0.2) is 48.5 Å². The molecule has 4 rings (SSSR count). The molecule has 0 saturated heterocycles. The van der Waals surface area contributed by atoms with Gasteiger partial charge in [-0.3, -0.25) is 0 Å². The molecule has 0 aliphatic rings. The Hall–Kier alpha value is -3.73. The molecule has 677 valence electrons. The molecule has 1 aromatic heterocycles. The second kappa shape index (κ2) is 80.4. The fraction of sp³-hybridized carbons (Fsp3) is 0.805. The minimum absolute atomic E-state index is 0.634. The lowest BCUT2D eigenvalue weighted by molar-refractivity contribution is 0.536. The Morgan fingerprint density at radius 3 is 0.551 bits per heavy atom. The van der Waals surface area contributed by atoms with Gasteiger partial charge >= 0.3 is 0 Å². The fourth-order valence-corrected chi connectivity index (χ4v) is 18.9. The number of unbranched alkanes of at least 4 members (excludes halogenated alkanes) is 72. The third-order valence-electron chi connectivity index (χ3n) is 26.8. The van der Waals surface area contributed by atoms with Gasteiger partial charge in [-0.2, -0.15) is 15.0 Å². The van der Waals surface area contributed by atoms with Crippen LogP contribution in [0.25, 0.3) is 11.4 Å². The Kier molecular flexibility index (Phi) is 72.6. The summed E-state index contributed by atoms with van der Waals surface area (Å²) in [6, 6.07) is 19.1. The molecule has 0 unspecified atom stereocenters. The number of nitrogens with one attached hydrogen (secondary N) is 2. The van der Waals surface area contributed by atoms with Gasteiger partial charge in [0.1, 0.15) is 0 Å². The van der Waals surface area contributed by atoms with E-state index in [1.165, 1.54) is 519 Å². The summed E-state index contributed by atoms with van der Waals surface area (Å²) in [4.78, 5) is 16.3. The summed E-state index contributed by atoms with van der Waals surface area (Å²) in [6.45, 7) is 18.3. The molecule has 118 heavy (non-hydrogen) atoms. The summed E-state index contributed by atoms with van der Waals surface area (Å²) in [6.07, 6.45) is 116. The third kappa shape index (κ3) is 58.4. The first-order valence-corrected chi connectivity index (χ1v) is 53.9. The number of aromatic nitrogens is 3. The van der Waals surface area contributed by atoms with Gasteiger partial charge in [0, 0.05) is 16.9 Å². The molecule has 4 aromatic rings. The highest BCUT2D eigenvalue weighted by molar-refractivity contribution is 5.66. The minimum atomic E-state index is 0.634. The van der Waals surface area contributed by atoms with Crippen LogP contribution in [0, 0.1) is 6.92 Å². The van der Waals surface area contributed by atoms with Crippen LogP contribution in [0.4, 0.5) is 23.3 Å². The van der Waals surface area contributed by atoms with Crippen molar-refractivity contribution in [3.63, 3.8) is 0 Å². The predicted molar refractivity (Wildman–Crippen MR) is 530 cm³/mol. The first-order chi connectivity index (χ1) is 58.5. The molecule has 0 fully saturated rings. The maximum Gasteiger partial charge on any atom is 0.232 e. The van der Waals surface area contributed by atoms with Crippen LogP contribution in [0.3, 0.4) is 0 Å². The molecule has 3 aromatic carbocycles. The summed E-state index contributed by atoms with van der Waals surface area (Å²) in [5, 5.41) is 8.00. The maximum absolute atomic E-state index is 5.48. The smallest absolute Gasteiger partial charge is 0.232 e. The number of anilines is 4. The molecule has 0 bridgehead atoms. The van der Waals surface area contributed by atoms with E-state index in [0.29, 0.717) is 17.7 Å². The van der Waals surface area contributed by atoms with E-state index >= 15 is 0 Å². The first kappa shape index (κ1) is 107. The average Bonchev–Trinajstić information content (AvgIpc) is 0.808. The Morgan fingerprint density at radius 2 is 0.373 bits per heavy atom. The second-order valence-corrected chi connectivity index (χ2v) is 38.0. The van der Waals surface area contributed by atoms with E-state index in [1.807, 2.05) is 0 Å². The largest absolute Gasteiger partial charge is 0.324 e. The summed E-state index contributed by atoms with van der Waals surface area (Å²) in [7, 11) is 0. The molecule has 0 saturated carbocycles. The van der Waals surface area contributed by atoms with Crippen molar-refractivity contribution < 1.29 is 0 Å². The van der Waals surface area contributed by atoms with Crippen molar-refractivity contribution in [1.82, 2.24) is 15.0 Å². The quantitative estimate of drug-likeness (QED) is 0.0431. The van der Waals surface area contributed by atoms with Crippen LogP contribution in [0.5, 0.6) is 0 Å². The van der Waals surface area contributed by atoms with Gasteiger partial charge in [0.15, 0.2) is 5.82 Å². The Morgan fingerprint density at radius 1 is 0.203 bits per heavy atom. The zero-order chi connectivity index (χ0) is 83.8. The third-order valence-corrected chi connectivity index (χ3v) is 26.8. The van der Waals surface area contributed by atoms with Crippen molar-refractivity contribution >= 4 is 23.3 Å². The molecule has 5 heteroatoms. The lowest BCUT2D eigenvalue weighted by Crippen LogP contribution is -2.09. The molecule has 0 amide bonds. The highest BCUT2D eigenvalue weighted by Gasteiger charge is 2.19. The zero-order valence-corrected chi connectivity index (χ0v) is 80.3. The van der Waals surface area contributed by atoms with Gasteiger partial charge in [0.2, 0.25) is 11.9 Å². The van der Waals surface area contributed by atoms with Crippen LogP contribution in [-0.4, -0.2) is 15.0 Å². The van der Waals surface area contributed by atoms with Crippen LogP contribution in [-0.2, 0) is 44.9 Å². The van der Waals surface area contributed by atoms with Gasteiger partial charge in [-0.05, 0) is 154 Å². The Bertz CT molecular complexity index is 2530. The van der Waals surface area contributed by atoms with E-state index in [-0.39, 0.29) is 0 Å². The molecule has 2 N–H and O–H groups in total. The zero-order valence-electron chi connectivity index (χ0n) is 80.3. The summed E-state index contributed by atoms with van der Waals surface area (Å²) in [5.74, 6) is 1.98. The summed E-state index contributed by atoms with van der Waals surface area (Å²) < 4.78 is 0. The molecule has 1 heterocycles. The van der Waals surface area contributed by atoms with Gasteiger partial charge in [-0.1, -0.05) is 528 Å². The number of nitrogens with zero attached hydrogens (tertiary/aromatic N) is 3. The lowest BCUT2D eigenvalue weighted by Gasteiger charge is -2.20. The van der Waals surface area contributed by atoms with E-state index in [1.54, 1.807) is 33.4 Å². The van der Waals surface area contributed by atoms with Crippen LogP contribution in [0.1, 0.15) is 581 Å². The minimum Gasteiger partial charge on any atom is -0.324 e. The van der Waals surface area contributed by atoms with Crippen molar-refractivity contribution in [3.05, 3.63) is 94.4 Å². The number of rotatable bonds is 90. The normalized spacial score (nSPS) is 11.7. The fourth-order valence-electron chi connectivity index (χ4n) is 18.9. The highest BCUT2D eigenvalue weighted by Crippen LogP contribution is 2.34. The van der Waals surface area contributed by atoms with Crippen LogP contribution < -0.4 is 10.6 Å². The number of aryl methyl sites for hydroxylation is 4. The van der Waals surface area contributed by atoms with Gasteiger partial charge in [0.05, 0.1) is 0 Å². The number of benzene rings is 3. The molecule has 0 spiro atoms. The molecule has 1 radical (unpaired) electrons. The molecule has 0 atom stereocenters. The van der Waals surface area contributed by atoms with Crippen LogP contribution in [0.2, 0.25) is 0 Å². The topological polar surface area (TPSA) is 62.7 Å². The van der Waals surface area contributed by atoms with E-state index in [2.05, 4.69) is 108 Å². The van der Waals surface area contributed by atoms with E-state index < -0.39 is 0 Å². The lowest BCUT2D eigenvalue weighted by atomic mass is 9.89. The standard InChI is InChI=1S/C113H200N5/c1-8-15-21-27-33-39-45-51-57-63-69-75-81-87-103-97-107(98-104(88-82-76-70-64-58-52-46-40-34-28-22-16-9-2)109(103)91-85-79-73-67-61-55-49-43-37-31-25-19-12-5)114-112-116-111(102-95-93-101(14-7)94-96-102)117-113(118-112)115-108-99-105(89-83-77-71-65-59-53-47-41-35-29-23-17-10-3)110(92-86-80-74-68-62-56-50-44-38-32-26-20-13-6)106(100-108)90-84-78-72-66-60-54-48-42-36-30-24-18-11-4/h93-100H,7-92H2,1-6H3,(H2,114,115,116,117,118). The van der Waals surface area contributed by atoms with Gasteiger partial charge < -0.3 is 10.6 Å². The van der Waals surface area contributed by atoms with Crippen molar-refractivity contribution in [3.8, 4) is 11.4 Å². The second-order valence-electron chi connectivity index (χ2n) is 38.0. The van der Waals surface area contributed by atoms with Crippen molar-refractivity contribution in [2.45, 2.75) is 587 Å². The van der Waals surface area contributed by atoms with Gasteiger partial charge in [-0.15, -0.1) is 0 Å². The first-order valence-electron chi connectivity index (χ1n) is 53.9. The van der Waals surface area contributed by atoms with Gasteiger partial charge in [0.25, 0.3) is 0 Å². The molecule has 0 aliphatic heterocycles. The van der Waals surface area contributed by atoms with Crippen LogP contribution >= 0.6 is 0 Å². The molecule has 5 nitrogen and oxygen atoms in total. The number of hydrogen-bond acceptors (Lipinski definition) is 5. The molecular weight excluding hydrogens is 1430 g/mol. The summed E-state index contributed by atoms with van der Waals surface area (Å²) in [5.41, 5.74) is 14.2. The maximum atomic E-state index is 5.48. The van der Waals surface area contributed by atoms with Gasteiger partial charge in [-0.25, -0.2) is 0 Å².